The molecule has 1 unspecified atom stereocenters. The minimum atomic E-state index is -0.443. The third kappa shape index (κ3) is 4.53. The van der Waals surface area contributed by atoms with Crippen molar-refractivity contribution in [1.29, 1.82) is 0 Å². The first-order valence-corrected chi connectivity index (χ1v) is 12.7. The molecule has 0 amide bonds. The van der Waals surface area contributed by atoms with E-state index < -0.39 is 11.7 Å². The van der Waals surface area contributed by atoms with E-state index in [9.17, 15) is 4.79 Å². The Kier molecular flexibility index (Phi) is 6.54. The SMILES string of the molecule is CCCC1CCC(c2ccc(-c3ccc4c(c3F)OC(=O)C(c3ccc(C)cc3)C4)cc2)CC1. The van der Waals surface area contributed by atoms with Crippen LogP contribution in [0.4, 0.5) is 4.39 Å². The zero-order valence-corrected chi connectivity index (χ0v) is 20.1. The van der Waals surface area contributed by atoms with Crippen LogP contribution in [0.2, 0.25) is 0 Å². The average molecular weight is 457 g/mol. The van der Waals surface area contributed by atoms with E-state index >= 15 is 4.39 Å². The standard InChI is InChI=1S/C31H33FO2/c1-3-4-21-7-11-22(12-8-21)23-13-15-24(16-14-23)27-18-17-26-19-28(25-9-5-20(2)6-10-25)31(33)34-30(26)29(27)32/h5-6,9-10,13-18,21-22,28H,3-4,7-8,11-12,19H2,1-2H3. The molecule has 0 aromatic heterocycles. The molecule has 1 atom stereocenters. The number of aryl methyl sites for hydroxylation is 1. The van der Waals surface area contributed by atoms with Gasteiger partial charge in [0.15, 0.2) is 11.6 Å². The first kappa shape index (κ1) is 22.8. The molecule has 0 radical (unpaired) electrons. The molecular weight excluding hydrogens is 423 g/mol. The number of ether oxygens (including phenoxy) is 1. The summed E-state index contributed by atoms with van der Waals surface area (Å²) in [5.74, 6) is 0.352. The molecule has 0 spiro atoms. The number of halogens is 1. The van der Waals surface area contributed by atoms with Gasteiger partial charge in [-0.15, -0.1) is 0 Å². The fourth-order valence-electron chi connectivity index (χ4n) is 5.75. The number of carbonyl (C=O) groups excluding carboxylic acids is 1. The first-order chi connectivity index (χ1) is 16.5. The maximum atomic E-state index is 15.5. The van der Waals surface area contributed by atoms with E-state index in [-0.39, 0.29) is 11.7 Å². The highest BCUT2D eigenvalue weighted by molar-refractivity contribution is 5.84. The van der Waals surface area contributed by atoms with Crippen molar-refractivity contribution in [2.75, 3.05) is 0 Å². The van der Waals surface area contributed by atoms with Gasteiger partial charge in [0.2, 0.25) is 0 Å². The molecule has 3 aromatic rings. The minimum Gasteiger partial charge on any atom is -0.423 e. The number of hydrogen-bond donors (Lipinski definition) is 0. The molecule has 0 bridgehead atoms. The van der Waals surface area contributed by atoms with Crippen LogP contribution in [-0.2, 0) is 11.2 Å². The lowest BCUT2D eigenvalue weighted by Gasteiger charge is -2.28. The van der Waals surface area contributed by atoms with Crippen LogP contribution in [0, 0.1) is 18.7 Å². The van der Waals surface area contributed by atoms with Gasteiger partial charge in [-0.1, -0.05) is 86.0 Å². The maximum Gasteiger partial charge on any atom is 0.319 e. The molecule has 0 saturated heterocycles. The van der Waals surface area contributed by atoms with Gasteiger partial charge in [-0.3, -0.25) is 4.79 Å². The predicted octanol–water partition coefficient (Wildman–Crippen LogP) is 8.12. The normalized spacial score (nSPS) is 22.2. The van der Waals surface area contributed by atoms with Crippen LogP contribution in [0.15, 0.2) is 60.7 Å². The van der Waals surface area contributed by atoms with Gasteiger partial charge in [0.25, 0.3) is 0 Å². The van der Waals surface area contributed by atoms with Crippen molar-refractivity contribution in [3.63, 3.8) is 0 Å². The number of fused-ring (bicyclic) bond motifs is 1. The zero-order chi connectivity index (χ0) is 23.7. The van der Waals surface area contributed by atoms with E-state index in [4.69, 9.17) is 4.74 Å². The molecule has 34 heavy (non-hydrogen) atoms. The molecule has 1 saturated carbocycles. The molecule has 2 nitrogen and oxygen atoms in total. The summed E-state index contributed by atoms with van der Waals surface area (Å²) in [4.78, 5) is 12.7. The molecule has 3 aromatic carbocycles. The summed E-state index contributed by atoms with van der Waals surface area (Å²) in [5, 5.41) is 0. The lowest BCUT2D eigenvalue weighted by Crippen LogP contribution is -2.26. The highest BCUT2D eigenvalue weighted by Crippen LogP contribution is 2.41. The molecule has 2 aliphatic rings. The topological polar surface area (TPSA) is 26.3 Å². The van der Waals surface area contributed by atoms with Crippen molar-refractivity contribution in [2.45, 2.75) is 70.6 Å². The fraction of sp³-hybridized carbons (Fsp3) is 0.387. The highest BCUT2D eigenvalue weighted by Gasteiger charge is 2.32. The van der Waals surface area contributed by atoms with Gasteiger partial charge in [0.05, 0.1) is 5.92 Å². The monoisotopic (exact) mass is 456 g/mol. The molecule has 0 N–H and O–H groups in total. The van der Waals surface area contributed by atoms with E-state index in [0.29, 0.717) is 17.9 Å². The van der Waals surface area contributed by atoms with E-state index in [1.54, 1.807) is 0 Å². The van der Waals surface area contributed by atoms with Crippen molar-refractivity contribution in [2.24, 2.45) is 5.92 Å². The minimum absolute atomic E-state index is 0.0872. The van der Waals surface area contributed by atoms with Gasteiger partial charge in [0, 0.05) is 5.56 Å². The number of esters is 1. The third-order valence-corrected chi connectivity index (χ3v) is 7.81. The van der Waals surface area contributed by atoms with Crippen LogP contribution in [-0.4, -0.2) is 5.97 Å². The molecule has 1 fully saturated rings. The Morgan fingerprint density at radius 2 is 1.56 bits per heavy atom. The Morgan fingerprint density at radius 3 is 2.24 bits per heavy atom. The largest absolute Gasteiger partial charge is 0.423 e. The summed E-state index contributed by atoms with van der Waals surface area (Å²) >= 11 is 0. The number of benzene rings is 3. The first-order valence-electron chi connectivity index (χ1n) is 12.7. The van der Waals surface area contributed by atoms with Crippen LogP contribution in [0.1, 0.15) is 79.5 Å². The van der Waals surface area contributed by atoms with E-state index in [1.807, 2.05) is 55.5 Å². The molecule has 1 heterocycles. The van der Waals surface area contributed by atoms with Crippen LogP contribution >= 0.6 is 0 Å². The lowest BCUT2D eigenvalue weighted by molar-refractivity contribution is -0.137. The highest BCUT2D eigenvalue weighted by atomic mass is 19.1. The van der Waals surface area contributed by atoms with E-state index in [2.05, 4.69) is 19.1 Å². The summed E-state index contributed by atoms with van der Waals surface area (Å²) in [6.45, 7) is 4.29. The van der Waals surface area contributed by atoms with E-state index in [0.717, 1.165) is 28.2 Å². The quantitative estimate of drug-likeness (QED) is 0.286. The molecule has 1 aliphatic carbocycles. The van der Waals surface area contributed by atoms with Gasteiger partial charge in [-0.05, 0) is 73.1 Å². The lowest BCUT2D eigenvalue weighted by atomic mass is 9.77. The second kappa shape index (κ2) is 9.74. The summed E-state index contributed by atoms with van der Waals surface area (Å²) in [6.07, 6.45) is 8.19. The van der Waals surface area contributed by atoms with Crippen LogP contribution in [0.25, 0.3) is 11.1 Å². The number of carbonyl (C=O) groups is 1. The second-order valence-electron chi connectivity index (χ2n) is 10.1. The smallest absolute Gasteiger partial charge is 0.319 e. The Labute approximate surface area is 202 Å². The van der Waals surface area contributed by atoms with Gasteiger partial charge in [0.1, 0.15) is 0 Å². The molecule has 5 rings (SSSR count). The Bertz CT molecular complexity index is 1160. The zero-order valence-electron chi connectivity index (χ0n) is 20.1. The van der Waals surface area contributed by atoms with Crippen LogP contribution < -0.4 is 4.74 Å². The third-order valence-electron chi connectivity index (χ3n) is 7.81. The van der Waals surface area contributed by atoms with Gasteiger partial charge in [-0.2, -0.15) is 0 Å². The van der Waals surface area contributed by atoms with Crippen molar-refractivity contribution in [1.82, 2.24) is 0 Å². The Morgan fingerprint density at radius 1 is 0.882 bits per heavy atom. The van der Waals surface area contributed by atoms with E-state index in [1.165, 1.54) is 44.1 Å². The second-order valence-corrected chi connectivity index (χ2v) is 10.1. The van der Waals surface area contributed by atoms with Gasteiger partial charge < -0.3 is 4.74 Å². The summed E-state index contributed by atoms with van der Waals surface area (Å²) in [5.41, 5.74) is 5.44. The summed E-state index contributed by atoms with van der Waals surface area (Å²) in [6, 6.07) is 19.9. The fourth-order valence-corrected chi connectivity index (χ4v) is 5.75. The van der Waals surface area contributed by atoms with Crippen LogP contribution in [0.3, 0.4) is 0 Å². The van der Waals surface area contributed by atoms with Crippen LogP contribution in [0.5, 0.6) is 5.75 Å². The Hall–Kier alpha value is -2.94. The molecule has 1 aliphatic heterocycles. The maximum absolute atomic E-state index is 15.5. The molecule has 3 heteroatoms. The van der Waals surface area contributed by atoms with Crippen molar-refractivity contribution < 1.29 is 13.9 Å². The summed E-state index contributed by atoms with van der Waals surface area (Å²) in [7, 11) is 0. The summed E-state index contributed by atoms with van der Waals surface area (Å²) < 4.78 is 21.0. The van der Waals surface area contributed by atoms with Gasteiger partial charge in [-0.25, -0.2) is 4.39 Å². The number of hydrogen-bond acceptors (Lipinski definition) is 2. The van der Waals surface area contributed by atoms with Crippen molar-refractivity contribution in [3.05, 3.63) is 88.7 Å². The van der Waals surface area contributed by atoms with Crippen molar-refractivity contribution >= 4 is 5.97 Å². The Balaban J connectivity index is 1.34. The predicted molar refractivity (Wildman–Crippen MR) is 135 cm³/mol. The molecule has 176 valence electrons. The van der Waals surface area contributed by atoms with Gasteiger partial charge >= 0.3 is 5.97 Å². The number of rotatable bonds is 5. The average Bonchev–Trinajstić information content (AvgIpc) is 2.86. The van der Waals surface area contributed by atoms with Crippen molar-refractivity contribution in [3.8, 4) is 16.9 Å². The molecular formula is C31H33FO2.